The van der Waals surface area contributed by atoms with Crippen LogP contribution in [0.4, 0.5) is 0 Å². The van der Waals surface area contributed by atoms with E-state index in [0.29, 0.717) is 5.75 Å². The van der Waals surface area contributed by atoms with Crippen molar-refractivity contribution in [3.63, 3.8) is 0 Å². The Morgan fingerprint density at radius 2 is 2.09 bits per heavy atom. The molecular weight excluding hydrogens is 306 g/mol. The molecule has 0 aliphatic rings. The van der Waals surface area contributed by atoms with Gasteiger partial charge in [0, 0.05) is 24.6 Å². The lowest BCUT2D eigenvalue weighted by Gasteiger charge is -2.10. The smallest absolute Gasteiger partial charge is 0.230 e. The topological polar surface area (TPSA) is 46.9 Å². The average Bonchev–Trinajstić information content (AvgIpc) is 3.01. The highest BCUT2D eigenvalue weighted by Gasteiger charge is 2.09. The summed E-state index contributed by atoms with van der Waals surface area (Å²) in [5.74, 6) is 0.467. The number of benzene rings is 1. The van der Waals surface area contributed by atoms with Crippen molar-refractivity contribution in [2.75, 3.05) is 12.3 Å². The molecule has 0 radical (unpaired) electrons. The predicted molar refractivity (Wildman–Crippen MR) is 96.3 cm³/mol. The number of carbonyl (C=O) groups is 1. The summed E-state index contributed by atoms with van der Waals surface area (Å²) in [6, 6.07) is 6.34. The molecule has 0 saturated carbocycles. The summed E-state index contributed by atoms with van der Waals surface area (Å²) >= 11 is 1.47. The minimum atomic E-state index is 0.0701. The number of hydrogen-bond acceptors (Lipinski definition) is 3. The second-order valence-corrected chi connectivity index (χ2v) is 6.64. The first-order valence-electron chi connectivity index (χ1n) is 8.12. The number of aryl methyl sites for hydroxylation is 2. The van der Waals surface area contributed by atoms with Crippen LogP contribution in [0.25, 0.3) is 5.69 Å². The Kier molecular flexibility index (Phi) is 6.71. The van der Waals surface area contributed by atoms with Gasteiger partial charge in [-0.15, -0.1) is 0 Å². The summed E-state index contributed by atoms with van der Waals surface area (Å²) < 4.78 is 2.03. The van der Waals surface area contributed by atoms with Gasteiger partial charge < -0.3 is 5.32 Å². The molecule has 0 aliphatic heterocycles. The number of aromatic nitrogens is 2. The van der Waals surface area contributed by atoms with Gasteiger partial charge in [0.2, 0.25) is 5.91 Å². The summed E-state index contributed by atoms with van der Waals surface area (Å²) in [4.78, 5) is 16.3. The number of rotatable bonds is 8. The molecule has 1 amide bonds. The van der Waals surface area contributed by atoms with Gasteiger partial charge in [0.05, 0.1) is 5.75 Å². The normalized spacial score (nSPS) is 10.7. The molecule has 0 aliphatic carbocycles. The molecule has 1 heterocycles. The van der Waals surface area contributed by atoms with Gasteiger partial charge in [0.25, 0.3) is 0 Å². The van der Waals surface area contributed by atoms with Crippen molar-refractivity contribution in [3.8, 4) is 5.69 Å². The molecule has 0 fully saturated rings. The SMILES string of the molecule is CCCCCNC(=O)CSc1nccn1-c1ccc(C)c(C)c1. The fraction of sp³-hybridized carbons (Fsp3) is 0.444. The van der Waals surface area contributed by atoms with Crippen LogP contribution >= 0.6 is 11.8 Å². The van der Waals surface area contributed by atoms with Crippen molar-refractivity contribution in [2.45, 2.75) is 45.2 Å². The Balaban J connectivity index is 1.93. The van der Waals surface area contributed by atoms with Crippen molar-refractivity contribution in [3.05, 3.63) is 41.7 Å². The van der Waals surface area contributed by atoms with Gasteiger partial charge >= 0.3 is 0 Å². The lowest BCUT2D eigenvalue weighted by Crippen LogP contribution is -2.26. The molecule has 4 nitrogen and oxygen atoms in total. The van der Waals surface area contributed by atoms with E-state index in [1.54, 1.807) is 6.20 Å². The molecule has 1 aromatic heterocycles. The maximum absolute atomic E-state index is 11.9. The van der Waals surface area contributed by atoms with Crippen LogP contribution in [0.5, 0.6) is 0 Å². The third-order valence-corrected chi connectivity index (χ3v) is 4.78. The van der Waals surface area contributed by atoms with E-state index in [4.69, 9.17) is 0 Å². The van der Waals surface area contributed by atoms with E-state index in [9.17, 15) is 4.79 Å². The zero-order valence-corrected chi connectivity index (χ0v) is 14.9. The second-order valence-electron chi connectivity index (χ2n) is 5.69. The van der Waals surface area contributed by atoms with Crippen LogP contribution in [0.1, 0.15) is 37.3 Å². The average molecular weight is 331 g/mol. The Labute approximate surface area is 142 Å². The quantitative estimate of drug-likeness (QED) is 0.590. The highest BCUT2D eigenvalue weighted by Crippen LogP contribution is 2.21. The Morgan fingerprint density at radius 1 is 1.26 bits per heavy atom. The largest absolute Gasteiger partial charge is 0.355 e. The summed E-state index contributed by atoms with van der Waals surface area (Å²) in [5.41, 5.74) is 3.60. The predicted octanol–water partition coefficient (Wildman–Crippen LogP) is 3.89. The van der Waals surface area contributed by atoms with E-state index in [-0.39, 0.29) is 5.91 Å². The minimum absolute atomic E-state index is 0.0701. The number of carbonyl (C=O) groups excluding carboxylic acids is 1. The summed E-state index contributed by atoms with van der Waals surface area (Å²) in [7, 11) is 0. The van der Waals surface area contributed by atoms with E-state index in [2.05, 4.69) is 49.3 Å². The van der Waals surface area contributed by atoms with Gasteiger partial charge in [-0.1, -0.05) is 37.6 Å². The lowest BCUT2D eigenvalue weighted by atomic mass is 10.1. The van der Waals surface area contributed by atoms with Gasteiger partial charge in [-0.3, -0.25) is 9.36 Å². The minimum Gasteiger partial charge on any atom is -0.355 e. The monoisotopic (exact) mass is 331 g/mol. The van der Waals surface area contributed by atoms with Gasteiger partial charge in [0.1, 0.15) is 0 Å². The molecule has 1 N–H and O–H groups in total. The number of unbranched alkanes of at least 4 members (excludes halogenated alkanes) is 2. The van der Waals surface area contributed by atoms with Crippen LogP contribution in [0.2, 0.25) is 0 Å². The van der Waals surface area contributed by atoms with Gasteiger partial charge in [-0.05, 0) is 43.5 Å². The molecule has 0 atom stereocenters. The number of hydrogen-bond donors (Lipinski definition) is 1. The molecule has 0 spiro atoms. The highest BCUT2D eigenvalue weighted by molar-refractivity contribution is 7.99. The third kappa shape index (κ3) is 5.13. The maximum Gasteiger partial charge on any atom is 0.230 e. The van der Waals surface area contributed by atoms with Gasteiger partial charge in [0.15, 0.2) is 5.16 Å². The zero-order valence-electron chi connectivity index (χ0n) is 14.1. The second kappa shape index (κ2) is 8.77. The van der Waals surface area contributed by atoms with Crippen molar-refractivity contribution < 1.29 is 4.79 Å². The van der Waals surface area contributed by atoms with E-state index < -0.39 is 0 Å². The molecular formula is C18H25N3OS. The van der Waals surface area contributed by atoms with E-state index in [1.165, 1.54) is 22.9 Å². The summed E-state index contributed by atoms with van der Waals surface area (Å²) in [6.45, 7) is 7.13. The van der Waals surface area contributed by atoms with Crippen LogP contribution in [-0.2, 0) is 4.79 Å². The first-order valence-corrected chi connectivity index (χ1v) is 9.11. The Bertz CT molecular complexity index is 651. The molecule has 2 rings (SSSR count). The van der Waals surface area contributed by atoms with Crippen LogP contribution in [0.3, 0.4) is 0 Å². The zero-order chi connectivity index (χ0) is 16.7. The molecule has 2 aromatic rings. The Hall–Kier alpha value is -1.75. The first-order chi connectivity index (χ1) is 11.1. The number of thioether (sulfide) groups is 1. The number of amides is 1. The first kappa shape index (κ1) is 17.6. The third-order valence-electron chi connectivity index (χ3n) is 3.81. The number of nitrogens with one attached hydrogen (secondary N) is 1. The van der Waals surface area contributed by atoms with Crippen LogP contribution in [0.15, 0.2) is 35.7 Å². The van der Waals surface area contributed by atoms with Crippen molar-refractivity contribution in [2.24, 2.45) is 0 Å². The molecule has 0 bridgehead atoms. The van der Waals surface area contributed by atoms with E-state index >= 15 is 0 Å². The van der Waals surface area contributed by atoms with Crippen LogP contribution in [0, 0.1) is 13.8 Å². The highest BCUT2D eigenvalue weighted by atomic mass is 32.2. The van der Waals surface area contributed by atoms with Crippen molar-refractivity contribution in [1.29, 1.82) is 0 Å². The fourth-order valence-electron chi connectivity index (χ4n) is 2.25. The summed E-state index contributed by atoms with van der Waals surface area (Å²) in [6.07, 6.45) is 7.08. The molecule has 23 heavy (non-hydrogen) atoms. The number of imidazole rings is 1. The molecule has 0 saturated heterocycles. The maximum atomic E-state index is 11.9. The van der Waals surface area contributed by atoms with E-state index in [0.717, 1.165) is 36.7 Å². The van der Waals surface area contributed by atoms with Gasteiger partial charge in [-0.2, -0.15) is 0 Å². The molecule has 124 valence electrons. The standard InChI is InChI=1S/C18H25N3OS/c1-4-5-6-9-19-17(22)13-23-18-20-10-11-21(18)16-8-7-14(2)15(3)12-16/h7-8,10-12H,4-6,9,13H2,1-3H3,(H,19,22). The molecule has 0 unspecified atom stereocenters. The van der Waals surface area contributed by atoms with Crippen LogP contribution < -0.4 is 5.32 Å². The number of nitrogens with zero attached hydrogens (tertiary/aromatic N) is 2. The van der Waals surface area contributed by atoms with Crippen LogP contribution in [-0.4, -0.2) is 27.8 Å². The molecule has 5 heteroatoms. The van der Waals surface area contributed by atoms with Crippen molar-refractivity contribution >= 4 is 17.7 Å². The van der Waals surface area contributed by atoms with E-state index in [1.807, 2.05) is 10.8 Å². The fourth-order valence-corrected chi connectivity index (χ4v) is 3.06. The summed E-state index contributed by atoms with van der Waals surface area (Å²) in [5, 5.41) is 3.80. The van der Waals surface area contributed by atoms with Crippen molar-refractivity contribution in [1.82, 2.24) is 14.9 Å². The van der Waals surface area contributed by atoms with Gasteiger partial charge in [-0.25, -0.2) is 4.98 Å². The molecule has 1 aromatic carbocycles. The lowest BCUT2D eigenvalue weighted by molar-refractivity contribution is -0.118. The Morgan fingerprint density at radius 3 is 2.83 bits per heavy atom.